The first-order valence-corrected chi connectivity index (χ1v) is 11.8. The highest BCUT2D eigenvalue weighted by atomic mass is 32.2. The van der Waals surface area contributed by atoms with Gasteiger partial charge < -0.3 is 9.05 Å². The molecule has 0 aromatic heterocycles. The van der Waals surface area contributed by atoms with Gasteiger partial charge in [-0.3, -0.25) is 8.77 Å². The Morgan fingerprint density at radius 3 is 1.54 bits per heavy atom. The lowest BCUT2D eigenvalue weighted by Gasteiger charge is -2.25. The fraction of sp³-hybridized carbons (Fsp3) is 0.400. The molecule has 0 saturated heterocycles. The Morgan fingerprint density at radius 1 is 0.808 bits per heavy atom. The fourth-order valence-electron chi connectivity index (χ4n) is 2.71. The van der Waals surface area contributed by atoms with Crippen molar-refractivity contribution in [3.63, 3.8) is 0 Å². The summed E-state index contributed by atoms with van der Waals surface area (Å²) in [5, 5.41) is -0.391. The summed E-state index contributed by atoms with van der Waals surface area (Å²) in [5.74, 6) is 0. The summed E-state index contributed by atoms with van der Waals surface area (Å²) in [6, 6.07) is 19.2. The Balaban J connectivity index is 2.35. The third-order valence-corrected chi connectivity index (χ3v) is 8.33. The van der Waals surface area contributed by atoms with E-state index in [0.29, 0.717) is 0 Å². The average molecular weight is 394 g/mol. The topological polar surface area (TPSA) is 52.6 Å². The standard InChI is InChI=1S/C20H27O4PS/c1-16(2)23-25(21,24-17(3)4)15-26(22)20(18-11-7-5-8-12-18)19-13-9-6-10-14-19/h5-14,16-17,20H,15H2,1-4H3. The van der Waals surface area contributed by atoms with Crippen molar-refractivity contribution in [1.82, 2.24) is 0 Å². The van der Waals surface area contributed by atoms with Crippen molar-refractivity contribution < 1.29 is 17.8 Å². The summed E-state index contributed by atoms with van der Waals surface area (Å²) in [5.41, 5.74) is 1.69. The minimum absolute atomic E-state index is 0.141. The first-order valence-electron chi connectivity index (χ1n) is 8.73. The van der Waals surface area contributed by atoms with Crippen LogP contribution in [0.15, 0.2) is 60.7 Å². The Labute approximate surface area is 158 Å². The van der Waals surface area contributed by atoms with Crippen molar-refractivity contribution in [2.24, 2.45) is 0 Å². The summed E-state index contributed by atoms with van der Waals surface area (Å²) in [6.45, 7) is 7.19. The third kappa shape index (κ3) is 6.17. The van der Waals surface area contributed by atoms with E-state index in [1.165, 1.54) is 0 Å². The molecule has 0 aliphatic heterocycles. The van der Waals surface area contributed by atoms with E-state index in [9.17, 15) is 8.77 Å². The molecule has 0 heterocycles. The van der Waals surface area contributed by atoms with Gasteiger partial charge in [-0.05, 0) is 38.8 Å². The van der Waals surface area contributed by atoms with E-state index < -0.39 is 23.6 Å². The van der Waals surface area contributed by atoms with Gasteiger partial charge in [0.1, 0.15) is 5.49 Å². The van der Waals surface area contributed by atoms with Crippen LogP contribution in [-0.2, 0) is 24.4 Å². The van der Waals surface area contributed by atoms with Crippen molar-refractivity contribution in [2.45, 2.75) is 45.2 Å². The van der Waals surface area contributed by atoms with E-state index in [1.54, 1.807) is 27.7 Å². The lowest BCUT2D eigenvalue weighted by atomic mass is 10.0. The van der Waals surface area contributed by atoms with Crippen molar-refractivity contribution >= 4 is 18.4 Å². The molecular formula is C20H27O4PS. The molecule has 26 heavy (non-hydrogen) atoms. The van der Waals surface area contributed by atoms with Crippen molar-refractivity contribution in [3.8, 4) is 0 Å². The summed E-state index contributed by atoms with van der Waals surface area (Å²) < 4.78 is 37.6. The van der Waals surface area contributed by atoms with Gasteiger partial charge in [-0.25, -0.2) is 0 Å². The summed E-state index contributed by atoms with van der Waals surface area (Å²) in [6.07, 6.45) is -0.549. The molecule has 1 unspecified atom stereocenters. The van der Waals surface area contributed by atoms with Crippen LogP contribution in [0.25, 0.3) is 0 Å². The Kier molecular flexibility index (Phi) is 7.78. The van der Waals surface area contributed by atoms with Gasteiger partial charge in [0.05, 0.1) is 17.5 Å². The second-order valence-electron chi connectivity index (χ2n) is 6.63. The molecule has 2 aromatic rings. The van der Waals surface area contributed by atoms with Crippen LogP contribution in [0.3, 0.4) is 0 Å². The van der Waals surface area contributed by atoms with Gasteiger partial charge in [-0.1, -0.05) is 60.7 Å². The first kappa shape index (κ1) is 21.0. The van der Waals surface area contributed by atoms with Crippen molar-refractivity contribution in [1.29, 1.82) is 0 Å². The maximum Gasteiger partial charge on any atom is 0.343 e. The van der Waals surface area contributed by atoms with E-state index >= 15 is 0 Å². The van der Waals surface area contributed by atoms with E-state index in [4.69, 9.17) is 9.05 Å². The normalized spacial score (nSPS) is 13.5. The van der Waals surface area contributed by atoms with Gasteiger partial charge >= 0.3 is 7.60 Å². The van der Waals surface area contributed by atoms with Crippen LogP contribution in [0.5, 0.6) is 0 Å². The zero-order chi connectivity index (χ0) is 19.2. The Bertz CT molecular complexity index is 693. The fourth-order valence-corrected chi connectivity index (χ4v) is 7.30. The minimum Gasteiger partial charge on any atom is -0.305 e. The largest absolute Gasteiger partial charge is 0.343 e. The van der Waals surface area contributed by atoms with Crippen LogP contribution in [0.4, 0.5) is 0 Å². The first-order chi connectivity index (χ1) is 12.3. The Morgan fingerprint density at radius 2 is 1.19 bits per heavy atom. The lowest BCUT2D eigenvalue weighted by Crippen LogP contribution is -2.17. The summed E-state index contributed by atoms with van der Waals surface area (Å²) >= 11 is 0. The SMILES string of the molecule is CC(C)OP(=O)(CS(=O)C(c1ccccc1)c1ccccc1)OC(C)C. The summed E-state index contributed by atoms with van der Waals surface area (Å²) in [7, 11) is -4.96. The molecule has 0 radical (unpaired) electrons. The van der Waals surface area contributed by atoms with Gasteiger partial charge in [-0.2, -0.15) is 0 Å². The van der Waals surface area contributed by atoms with Crippen LogP contribution in [0.1, 0.15) is 44.1 Å². The predicted molar refractivity (Wildman–Crippen MR) is 108 cm³/mol. The van der Waals surface area contributed by atoms with Crippen LogP contribution in [0, 0.1) is 0 Å². The highest BCUT2D eigenvalue weighted by molar-refractivity contribution is 7.92. The van der Waals surface area contributed by atoms with Crippen molar-refractivity contribution in [2.75, 3.05) is 5.49 Å². The van der Waals surface area contributed by atoms with Crippen molar-refractivity contribution in [3.05, 3.63) is 71.8 Å². The van der Waals surface area contributed by atoms with Gasteiger partial charge in [-0.15, -0.1) is 0 Å². The molecule has 2 aromatic carbocycles. The van der Waals surface area contributed by atoms with Gasteiger partial charge in [0.2, 0.25) is 0 Å². The smallest absolute Gasteiger partial charge is 0.305 e. The van der Waals surface area contributed by atoms with E-state index in [-0.39, 0.29) is 17.7 Å². The third-order valence-electron chi connectivity index (χ3n) is 3.50. The number of rotatable bonds is 9. The van der Waals surface area contributed by atoms with E-state index in [2.05, 4.69) is 0 Å². The molecule has 0 aliphatic rings. The second kappa shape index (κ2) is 9.61. The molecule has 0 bridgehead atoms. The van der Waals surface area contributed by atoms with Crippen LogP contribution in [0.2, 0.25) is 0 Å². The molecule has 1 atom stereocenters. The molecule has 0 spiro atoms. The highest BCUT2D eigenvalue weighted by Gasteiger charge is 2.34. The molecule has 6 heteroatoms. The van der Waals surface area contributed by atoms with Crippen LogP contribution in [-0.4, -0.2) is 21.9 Å². The highest BCUT2D eigenvalue weighted by Crippen LogP contribution is 2.52. The monoisotopic (exact) mass is 394 g/mol. The van der Waals surface area contributed by atoms with Gasteiger partial charge in [0.25, 0.3) is 0 Å². The zero-order valence-corrected chi connectivity index (χ0v) is 17.4. The van der Waals surface area contributed by atoms with Crippen LogP contribution < -0.4 is 0 Å². The molecule has 0 aliphatic carbocycles. The van der Waals surface area contributed by atoms with E-state index in [1.807, 2.05) is 60.7 Å². The molecule has 142 valence electrons. The molecular weight excluding hydrogens is 367 g/mol. The molecule has 0 N–H and O–H groups in total. The summed E-state index contributed by atoms with van der Waals surface area (Å²) in [4.78, 5) is 0. The predicted octanol–water partition coefficient (Wildman–Crippen LogP) is 5.53. The lowest BCUT2D eigenvalue weighted by molar-refractivity contribution is 0.145. The average Bonchev–Trinajstić information content (AvgIpc) is 2.55. The maximum absolute atomic E-state index is 13.3. The minimum atomic E-state index is -3.48. The van der Waals surface area contributed by atoms with Crippen LogP contribution >= 0.6 is 7.60 Å². The maximum atomic E-state index is 13.3. The van der Waals surface area contributed by atoms with E-state index in [0.717, 1.165) is 11.1 Å². The Hall–Kier alpha value is -1.26. The molecule has 0 saturated carbocycles. The molecule has 0 fully saturated rings. The molecule has 4 nitrogen and oxygen atoms in total. The number of hydrogen-bond donors (Lipinski definition) is 0. The van der Waals surface area contributed by atoms with Gasteiger partial charge in [0, 0.05) is 10.8 Å². The van der Waals surface area contributed by atoms with Gasteiger partial charge in [0.15, 0.2) is 0 Å². The number of benzene rings is 2. The number of hydrogen-bond acceptors (Lipinski definition) is 4. The quantitative estimate of drug-likeness (QED) is 0.525. The molecule has 0 amide bonds. The second-order valence-corrected chi connectivity index (χ2v) is 10.5. The zero-order valence-electron chi connectivity index (χ0n) is 15.7. The molecule has 2 rings (SSSR count).